The molecular weight excluding hydrogens is 204 g/mol. The summed E-state index contributed by atoms with van der Waals surface area (Å²) >= 11 is 0. The first kappa shape index (κ1) is 10.4. The van der Waals surface area contributed by atoms with Gasteiger partial charge in [-0.05, 0) is 6.08 Å². The van der Waals surface area contributed by atoms with Gasteiger partial charge in [-0.25, -0.2) is 0 Å². The van der Waals surface area contributed by atoms with Crippen LogP contribution < -0.4 is 5.43 Å². The number of rotatable bonds is 4. The molecule has 4 heteroatoms. The molecular formula is C12H11N2O2. The normalized spacial score (nSPS) is 14.0. The van der Waals surface area contributed by atoms with Crippen LogP contribution >= 0.6 is 0 Å². The summed E-state index contributed by atoms with van der Waals surface area (Å²) < 4.78 is 0. The van der Waals surface area contributed by atoms with Crippen molar-refractivity contribution in [2.24, 2.45) is 5.10 Å². The van der Waals surface area contributed by atoms with Crippen molar-refractivity contribution in [2.45, 2.75) is 12.8 Å². The molecule has 0 amide bonds. The lowest BCUT2D eigenvalue weighted by Gasteiger charge is -1.97. The minimum absolute atomic E-state index is 0.0902. The average molecular weight is 215 g/mol. The van der Waals surface area contributed by atoms with Crippen LogP contribution in [0.4, 0.5) is 0 Å². The molecule has 0 saturated heterocycles. The first-order valence-electron chi connectivity index (χ1n) is 5.02. The lowest BCUT2D eigenvalue weighted by Crippen LogP contribution is -1.99. The Balaban J connectivity index is 2.02. The van der Waals surface area contributed by atoms with Gasteiger partial charge in [0.2, 0.25) is 0 Å². The van der Waals surface area contributed by atoms with E-state index in [9.17, 15) is 4.79 Å². The van der Waals surface area contributed by atoms with Crippen LogP contribution in [0, 0.1) is 0 Å². The Bertz CT molecular complexity index is 449. The fraction of sp³-hybridized carbons (Fsp3) is 0.167. The van der Waals surface area contributed by atoms with Gasteiger partial charge >= 0.3 is 5.97 Å². The second-order valence-corrected chi connectivity index (χ2v) is 3.48. The van der Waals surface area contributed by atoms with Gasteiger partial charge in [-0.3, -0.25) is 4.79 Å². The van der Waals surface area contributed by atoms with Crippen molar-refractivity contribution in [2.75, 3.05) is 0 Å². The standard InChI is InChI=1S/C12H11N2O2/c15-12(16)7-6-10-8-11(14-13-10)9-4-2-1-3-5-9/h1-5,8H,6-7H2,(H,15,16). The zero-order valence-electron chi connectivity index (χ0n) is 8.63. The van der Waals surface area contributed by atoms with Crippen LogP contribution in [0.15, 0.2) is 41.5 Å². The Morgan fingerprint density at radius 2 is 2.00 bits per heavy atom. The minimum atomic E-state index is -0.815. The molecule has 0 spiro atoms. The maximum atomic E-state index is 10.4. The molecule has 0 fully saturated rings. The van der Waals surface area contributed by atoms with E-state index in [0.717, 1.165) is 17.0 Å². The lowest BCUT2D eigenvalue weighted by atomic mass is 10.1. The SMILES string of the molecule is O=C(O)CCC1=N[N]C(c2ccccc2)=C1. The number of nitrogens with zero attached hydrogens (tertiary/aromatic N) is 2. The Morgan fingerprint density at radius 1 is 1.25 bits per heavy atom. The average Bonchev–Trinajstić information content (AvgIpc) is 2.76. The van der Waals surface area contributed by atoms with E-state index in [4.69, 9.17) is 5.11 Å². The van der Waals surface area contributed by atoms with Crippen molar-refractivity contribution in [1.82, 2.24) is 5.43 Å². The van der Waals surface area contributed by atoms with Gasteiger partial charge in [-0.2, -0.15) is 10.5 Å². The summed E-state index contributed by atoms with van der Waals surface area (Å²) in [5.41, 5.74) is 6.53. The predicted octanol–water partition coefficient (Wildman–Crippen LogP) is 1.87. The smallest absolute Gasteiger partial charge is 0.303 e. The van der Waals surface area contributed by atoms with E-state index in [2.05, 4.69) is 10.5 Å². The molecule has 0 bridgehead atoms. The molecule has 1 heterocycles. The number of hydrogen-bond acceptors (Lipinski definition) is 2. The van der Waals surface area contributed by atoms with Crippen molar-refractivity contribution < 1.29 is 9.90 Å². The van der Waals surface area contributed by atoms with Crippen LogP contribution in [0.25, 0.3) is 5.70 Å². The molecule has 2 rings (SSSR count). The summed E-state index contributed by atoms with van der Waals surface area (Å²) in [5.74, 6) is -0.815. The molecule has 16 heavy (non-hydrogen) atoms. The third-order valence-corrected chi connectivity index (χ3v) is 2.25. The van der Waals surface area contributed by atoms with Crippen LogP contribution in [-0.4, -0.2) is 16.8 Å². The molecule has 1 N–H and O–H groups in total. The summed E-state index contributed by atoms with van der Waals surface area (Å²) in [6.45, 7) is 0. The Kier molecular flexibility index (Phi) is 3.00. The molecule has 0 saturated carbocycles. The van der Waals surface area contributed by atoms with Crippen molar-refractivity contribution in [1.29, 1.82) is 0 Å². The summed E-state index contributed by atoms with van der Waals surface area (Å²) in [4.78, 5) is 10.4. The summed E-state index contributed by atoms with van der Waals surface area (Å²) in [7, 11) is 0. The largest absolute Gasteiger partial charge is 0.481 e. The second kappa shape index (κ2) is 4.61. The molecule has 1 aromatic carbocycles. The molecule has 1 aliphatic rings. The highest BCUT2D eigenvalue weighted by Gasteiger charge is 2.12. The highest BCUT2D eigenvalue weighted by atomic mass is 16.4. The Hall–Kier alpha value is -2.10. The van der Waals surface area contributed by atoms with Crippen molar-refractivity contribution in [3.05, 3.63) is 42.0 Å². The highest BCUT2D eigenvalue weighted by Crippen LogP contribution is 2.17. The number of carboxylic acid groups (broad SMARTS) is 1. The van der Waals surface area contributed by atoms with E-state index in [1.54, 1.807) is 0 Å². The molecule has 0 aromatic heterocycles. The number of allylic oxidation sites excluding steroid dienone is 1. The maximum absolute atomic E-state index is 10.4. The first-order chi connectivity index (χ1) is 7.75. The Labute approximate surface area is 93.3 Å². The van der Waals surface area contributed by atoms with Gasteiger partial charge in [0.05, 0.1) is 17.8 Å². The van der Waals surface area contributed by atoms with Gasteiger partial charge < -0.3 is 5.11 Å². The quantitative estimate of drug-likeness (QED) is 0.833. The van der Waals surface area contributed by atoms with E-state index in [1.807, 2.05) is 36.4 Å². The molecule has 1 aliphatic heterocycles. The zero-order chi connectivity index (χ0) is 11.4. The van der Waals surface area contributed by atoms with E-state index in [0.29, 0.717) is 6.42 Å². The second-order valence-electron chi connectivity index (χ2n) is 3.48. The molecule has 0 aliphatic carbocycles. The van der Waals surface area contributed by atoms with Crippen LogP contribution in [0.3, 0.4) is 0 Å². The minimum Gasteiger partial charge on any atom is -0.481 e. The van der Waals surface area contributed by atoms with Crippen LogP contribution in [0.1, 0.15) is 18.4 Å². The van der Waals surface area contributed by atoms with E-state index >= 15 is 0 Å². The van der Waals surface area contributed by atoms with Gasteiger partial charge in [-0.1, -0.05) is 30.3 Å². The summed E-state index contributed by atoms with van der Waals surface area (Å²) in [6.07, 6.45) is 2.35. The summed E-state index contributed by atoms with van der Waals surface area (Å²) in [6, 6.07) is 9.70. The predicted molar refractivity (Wildman–Crippen MR) is 60.9 cm³/mol. The third kappa shape index (κ3) is 2.48. The fourth-order valence-electron chi connectivity index (χ4n) is 1.44. The van der Waals surface area contributed by atoms with Gasteiger partial charge in [-0.15, -0.1) is 0 Å². The van der Waals surface area contributed by atoms with E-state index in [-0.39, 0.29) is 6.42 Å². The van der Waals surface area contributed by atoms with Gasteiger partial charge in [0.25, 0.3) is 0 Å². The maximum Gasteiger partial charge on any atom is 0.303 e. The molecule has 81 valence electrons. The first-order valence-corrected chi connectivity index (χ1v) is 5.02. The van der Waals surface area contributed by atoms with Crippen molar-refractivity contribution in [3.8, 4) is 0 Å². The topological polar surface area (TPSA) is 63.8 Å². The molecule has 1 radical (unpaired) electrons. The monoisotopic (exact) mass is 215 g/mol. The number of hydrogen-bond donors (Lipinski definition) is 1. The van der Waals surface area contributed by atoms with Crippen molar-refractivity contribution in [3.63, 3.8) is 0 Å². The fourth-order valence-corrected chi connectivity index (χ4v) is 1.44. The van der Waals surface area contributed by atoms with Crippen LogP contribution in [-0.2, 0) is 4.79 Å². The number of benzene rings is 1. The Morgan fingerprint density at radius 3 is 2.69 bits per heavy atom. The molecule has 0 unspecified atom stereocenters. The lowest BCUT2D eigenvalue weighted by molar-refractivity contribution is -0.136. The molecule has 4 nitrogen and oxygen atoms in total. The number of carboxylic acids is 1. The van der Waals surface area contributed by atoms with Crippen LogP contribution in [0.5, 0.6) is 0 Å². The van der Waals surface area contributed by atoms with Gasteiger partial charge in [0, 0.05) is 12.0 Å². The highest BCUT2D eigenvalue weighted by molar-refractivity contribution is 6.04. The van der Waals surface area contributed by atoms with E-state index < -0.39 is 5.97 Å². The zero-order valence-corrected chi connectivity index (χ0v) is 8.63. The van der Waals surface area contributed by atoms with E-state index in [1.165, 1.54) is 0 Å². The van der Waals surface area contributed by atoms with Gasteiger partial charge in [0.15, 0.2) is 0 Å². The molecule has 1 aromatic rings. The van der Waals surface area contributed by atoms with Crippen molar-refractivity contribution >= 4 is 17.4 Å². The van der Waals surface area contributed by atoms with Crippen LogP contribution in [0.2, 0.25) is 0 Å². The third-order valence-electron chi connectivity index (χ3n) is 2.25. The van der Waals surface area contributed by atoms with Gasteiger partial charge in [0.1, 0.15) is 0 Å². The number of carbonyl (C=O) groups is 1. The molecule has 0 atom stereocenters. The summed E-state index contributed by atoms with van der Waals surface area (Å²) in [5, 5.41) is 12.5. The number of aliphatic carboxylic acids is 1.